The molecule has 1 N–H and O–H groups in total. The lowest BCUT2D eigenvalue weighted by molar-refractivity contribution is -0.167. The summed E-state index contributed by atoms with van der Waals surface area (Å²) < 4.78 is 0. The molecule has 0 spiro atoms. The van der Waals surface area contributed by atoms with Crippen molar-refractivity contribution in [1.29, 1.82) is 0 Å². The van der Waals surface area contributed by atoms with Crippen LogP contribution in [0.4, 0.5) is 0 Å². The monoisotopic (exact) mass is 463 g/mol. The van der Waals surface area contributed by atoms with E-state index in [1.165, 1.54) is 18.2 Å². The normalized spacial score (nSPS) is 38.5. The average molecular weight is 463 g/mol. The molecular formula is C25H22N2O7. The number of fused-ring (bicyclic) bond motifs is 10. The average Bonchev–Trinajstić information content (AvgIpc) is 3.67. The van der Waals surface area contributed by atoms with Crippen LogP contribution in [0.5, 0.6) is 11.5 Å². The molecule has 4 bridgehead atoms. The van der Waals surface area contributed by atoms with Crippen LogP contribution >= 0.6 is 0 Å². The number of hydroxylamine groups is 4. The van der Waals surface area contributed by atoms with Gasteiger partial charge >= 0.3 is 0 Å². The number of allylic oxidation sites excluding steroid dienone is 4. The molecule has 2 saturated carbocycles. The van der Waals surface area contributed by atoms with E-state index < -0.39 is 30.3 Å². The lowest BCUT2D eigenvalue weighted by Gasteiger charge is -2.21. The van der Waals surface area contributed by atoms with Crippen molar-refractivity contribution in [3.8, 4) is 11.5 Å². The number of carbonyl (C=O) groups excluding carboxylic acids is 4. The SMILES string of the molecule is O=C1C2C(C(=O)N1Oc1cc(O[15N]3C(=O)C4C(C3=O)[C@H]3C=C[C@@H]4C3)ccc1CO)[C@H]1C=C[C@@H]2C1. The summed E-state index contributed by atoms with van der Waals surface area (Å²) in [6, 6.07) is 4.40. The number of rotatable bonds is 5. The number of carbonyl (C=O) groups is 4. The summed E-state index contributed by atoms with van der Waals surface area (Å²) >= 11 is 0. The van der Waals surface area contributed by atoms with Gasteiger partial charge in [0.2, 0.25) is 0 Å². The van der Waals surface area contributed by atoms with Gasteiger partial charge in [-0.1, -0.05) is 24.3 Å². The van der Waals surface area contributed by atoms with E-state index in [1.807, 2.05) is 24.3 Å². The third kappa shape index (κ3) is 2.47. The number of nitrogens with zero attached hydrogens (tertiary/aromatic N) is 2. The molecule has 34 heavy (non-hydrogen) atoms. The van der Waals surface area contributed by atoms with Crippen LogP contribution in [0.1, 0.15) is 18.4 Å². The number of aliphatic hydroxyl groups is 1. The number of imide groups is 2. The predicted molar refractivity (Wildman–Crippen MR) is 113 cm³/mol. The van der Waals surface area contributed by atoms with Crippen molar-refractivity contribution in [2.24, 2.45) is 47.3 Å². The highest BCUT2D eigenvalue weighted by Gasteiger charge is 2.61. The van der Waals surface area contributed by atoms with Gasteiger partial charge in [-0.15, -0.1) is 10.1 Å². The summed E-state index contributed by atoms with van der Waals surface area (Å²) in [7, 11) is 0. The van der Waals surface area contributed by atoms with E-state index in [-0.39, 0.29) is 58.8 Å². The molecular weight excluding hydrogens is 441 g/mol. The van der Waals surface area contributed by atoms with E-state index in [4.69, 9.17) is 9.68 Å². The topological polar surface area (TPSA) is 113 Å². The highest BCUT2D eigenvalue weighted by Crippen LogP contribution is 2.54. The summed E-state index contributed by atoms with van der Waals surface area (Å²) in [4.78, 5) is 63.2. The van der Waals surface area contributed by atoms with Crippen LogP contribution in [0, 0.1) is 47.3 Å². The van der Waals surface area contributed by atoms with Crippen molar-refractivity contribution in [3.05, 3.63) is 48.1 Å². The zero-order valence-corrected chi connectivity index (χ0v) is 18.1. The van der Waals surface area contributed by atoms with Crippen molar-refractivity contribution in [3.63, 3.8) is 0 Å². The quantitative estimate of drug-likeness (QED) is 0.399. The van der Waals surface area contributed by atoms with Gasteiger partial charge in [0.15, 0.2) is 11.5 Å². The van der Waals surface area contributed by atoms with Crippen LogP contribution in [-0.4, -0.2) is 38.9 Å². The lowest BCUT2D eigenvalue weighted by atomic mass is 9.85. The van der Waals surface area contributed by atoms with E-state index in [0.29, 0.717) is 5.56 Å². The number of amides is 4. The zero-order valence-electron chi connectivity index (χ0n) is 18.1. The first kappa shape index (κ1) is 20.0. The largest absolute Gasteiger partial charge is 0.392 e. The van der Waals surface area contributed by atoms with Gasteiger partial charge in [-0.2, -0.15) is 0 Å². The van der Waals surface area contributed by atoms with Crippen LogP contribution in [-0.2, 0) is 25.8 Å². The van der Waals surface area contributed by atoms with E-state index in [2.05, 4.69) is 0 Å². The molecule has 4 fully saturated rings. The number of hydrogen-bond acceptors (Lipinski definition) is 7. The molecule has 0 radical (unpaired) electrons. The Hall–Kier alpha value is -3.46. The summed E-state index contributed by atoms with van der Waals surface area (Å²) in [6.07, 6.45) is 9.63. The molecule has 4 unspecified atom stereocenters. The molecule has 9 nitrogen and oxygen atoms in total. The van der Waals surface area contributed by atoms with Gasteiger partial charge < -0.3 is 14.8 Å². The van der Waals surface area contributed by atoms with Crippen LogP contribution in [0.3, 0.4) is 0 Å². The summed E-state index contributed by atoms with van der Waals surface area (Å²) in [5, 5.41) is 11.4. The third-order valence-electron chi connectivity index (χ3n) is 8.46. The molecule has 2 saturated heterocycles. The Bertz CT molecular complexity index is 1160. The standard InChI is InChI=1S/C25H22N2O7/c28-10-15-5-6-16(33-26-22(29)18-11-1-2-12(7-11)19(18)23(26)30)9-17(15)34-27-24(31)20-13-3-4-14(8-13)21(20)25(27)32/h1-6,9,11-14,18-21,28H,7-8,10H2/t11-,12+,13-,14+,18?,19?,20?,21?/i26+1. The van der Waals surface area contributed by atoms with Crippen LogP contribution in [0.15, 0.2) is 42.5 Å². The first-order valence-electron chi connectivity index (χ1n) is 11.7. The molecule has 0 aromatic heterocycles. The Balaban J connectivity index is 1.13. The third-order valence-corrected chi connectivity index (χ3v) is 8.46. The minimum Gasteiger partial charge on any atom is -0.392 e. The van der Waals surface area contributed by atoms with Gasteiger partial charge in [-0.3, -0.25) is 19.2 Å². The van der Waals surface area contributed by atoms with E-state index in [0.717, 1.165) is 23.0 Å². The Labute approximate surface area is 194 Å². The second-order valence-electron chi connectivity index (χ2n) is 10.1. The second-order valence-corrected chi connectivity index (χ2v) is 10.1. The Kier molecular flexibility index (Phi) is 3.98. The van der Waals surface area contributed by atoms with Gasteiger partial charge in [-0.25, -0.2) is 0 Å². The first-order chi connectivity index (χ1) is 16.5. The number of hydrogen-bond donors (Lipinski definition) is 1. The van der Waals surface area contributed by atoms with E-state index in [1.54, 1.807) is 0 Å². The zero-order chi connectivity index (χ0) is 23.3. The highest BCUT2D eigenvalue weighted by molar-refractivity contribution is 6.06. The van der Waals surface area contributed by atoms with Crippen LogP contribution in [0.25, 0.3) is 0 Å². The minimum atomic E-state index is -0.414. The summed E-state index contributed by atoms with van der Waals surface area (Å²) in [5.41, 5.74) is 0.337. The molecule has 1 aromatic carbocycles. The van der Waals surface area contributed by atoms with Crippen molar-refractivity contribution < 1.29 is 34.0 Å². The fraction of sp³-hybridized carbons (Fsp3) is 0.440. The molecule has 1 aromatic rings. The first-order valence-corrected chi connectivity index (χ1v) is 11.7. The fourth-order valence-corrected chi connectivity index (χ4v) is 6.94. The maximum Gasteiger partial charge on any atom is 0.267 e. The summed E-state index contributed by atoms with van der Waals surface area (Å²) in [6.45, 7) is -0.397. The maximum atomic E-state index is 13.0. The van der Waals surface area contributed by atoms with Crippen LogP contribution < -0.4 is 9.68 Å². The highest BCUT2D eigenvalue weighted by atomic mass is 16.9. The maximum absolute atomic E-state index is 13.0. The van der Waals surface area contributed by atoms with E-state index in [9.17, 15) is 24.3 Å². The minimum absolute atomic E-state index is 0.0449. The number of aliphatic hydroxyl groups excluding tert-OH is 1. The van der Waals surface area contributed by atoms with Crippen molar-refractivity contribution in [1.82, 2.24) is 10.1 Å². The van der Waals surface area contributed by atoms with Gasteiger partial charge in [0.25, 0.3) is 23.6 Å². The molecule has 174 valence electrons. The fourth-order valence-electron chi connectivity index (χ4n) is 6.94. The molecule has 2 aliphatic heterocycles. The molecule has 7 rings (SSSR count). The van der Waals surface area contributed by atoms with Gasteiger partial charge in [0, 0.05) is 11.6 Å². The van der Waals surface area contributed by atoms with Crippen LogP contribution in [0.2, 0.25) is 0 Å². The molecule has 4 amide bonds. The molecule has 2 heterocycles. The van der Waals surface area contributed by atoms with Crippen molar-refractivity contribution >= 4 is 23.6 Å². The molecule has 8 atom stereocenters. The van der Waals surface area contributed by atoms with Crippen molar-refractivity contribution in [2.75, 3.05) is 0 Å². The Morgan fingerprint density at radius 1 is 0.706 bits per heavy atom. The van der Waals surface area contributed by atoms with E-state index >= 15 is 0 Å². The van der Waals surface area contributed by atoms with Gasteiger partial charge in [-0.05, 0) is 48.6 Å². The van der Waals surface area contributed by atoms with Gasteiger partial charge in [0.05, 0.1) is 30.3 Å². The molecule has 4 aliphatic carbocycles. The van der Waals surface area contributed by atoms with Gasteiger partial charge in [0.1, 0.15) is 0 Å². The predicted octanol–water partition coefficient (Wildman–Crippen LogP) is 1.38. The Morgan fingerprint density at radius 2 is 1.15 bits per heavy atom. The van der Waals surface area contributed by atoms with Crippen molar-refractivity contribution in [2.45, 2.75) is 19.4 Å². The summed E-state index contributed by atoms with van der Waals surface area (Å²) in [5.74, 6) is -2.70. The lowest BCUT2D eigenvalue weighted by Crippen LogP contribution is -2.37. The Morgan fingerprint density at radius 3 is 1.59 bits per heavy atom. The smallest absolute Gasteiger partial charge is 0.267 e. The second kappa shape index (κ2) is 6.79. The molecule has 9 heteroatoms. The molecule has 6 aliphatic rings. The number of benzene rings is 1.